The van der Waals surface area contributed by atoms with Gasteiger partial charge in [0, 0.05) is 31.1 Å². The Hall–Kier alpha value is -2.88. The average Bonchev–Trinajstić information content (AvgIpc) is 2.93. The number of thioether (sulfide) groups is 1. The number of nitrogens with zero attached hydrogens (tertiary/aromatic N) is 1. The molecule has 0 saturated heterocycles. The van der Waals surface area contributed by atoms with Crippen LogP contribution in [0.25, 0.3) is 0 Å². The molecule has 0 spiro atoms. The van der Waals surface area contributed by atoms with Gasteiger partial charge >= 0.3 is 0 Å². The molecule has 0 saturated carbocycles. The molecule has 0 heterocycles. The summed E-state index contributed by atoms with van der Waals surface area (Å²) in [5.41, 5.74) is 2.38. The van der Waals surface area contributed by atoms with Gasteiger partial charge in [0.1, 0.15) is 12.2 Å². The molecule has 0 aromatic heterocycles. The van der Waals surface area contributed by atoms with Gasteiger partial charge in [0.15, 0.2) is 0 Å². The zero-order chi connectivity index (χ0) is 29.7. The van der Waals surface area contributed by atoms with Crippen LogP contribution in [0.2, 0.25) is 0 Å². The first-order valence-electron chi connectivity index (χ1n) is 14.0. The Kier molecular flexibility index (Phi) is 14.2. The van der Waals surface area contributed by atoms with Gasteiger partial charge in [-0.15, -0.1) is 0 Å². The van der Waals surface area contributed by atoms with Gasteiger partial charge in [0.2, 0.25) is 5.91 Å². The van der Waals surface area contributed by atoms with Gasteiger partial charge < -0.3 is 25.7 Å². The van der Waals surface area contributed by atoms with Gasteiger partial charge in [-0.25, -0.2) is 0 Å². The lowest BCUT2D eigenvalue weighted by molar-refractivity contribution is -0.121. The predicted octanol–water partition coefficient (Wildman–Crippen LogP) is 3.58. The highest BCUT2D eigenvalue weighted by Gasteiger charge is 2.34. The van der Waals surface area contributed by atoms with E-state index in [0.717, 1.165) is 24.0 Å². The van der Waals surface area contributed by atoms with Gasteiger partial charge in [0.25, 0.3) is 11.8 Å². The summed E-state index contributed by atoms with van der Waals surface area (Å²) in [5, 5.41) is 28.1. The minimum absolute atomic E-state index is 0.121. The standard InChI is InChI=1S/C31H45N3O5S/c1-6-14-34(15-7-2)31(39)25-18-21(3)17-24(20-25)30(38)33-27(19-23-11-9-8-10-12-23)29(37)28(36)26(13-16-40-5)32-22(4)35/h8-12,17-18,20,26-29,36-37H,6-7,13-16,19H2,1-5H3,(H,32,35)(H,33,38). The van der Waals surface area contributed by atoms with E-state index in [1.165, 1.54) is 6.92 Å². The van der Waals surface area contributed by atoms with Crippen molar-refractivity contribution in [1.82, 2.24) is 15.5 Å². The molecule has 0 bridgehead atoms. The van der Waals surface area contributed by atoms with E-state index in [1.807, 2.05) is 57.4 Å². The Morgan fingerprint density at radius 1 is 0.900 bits per heavy atom. The number of carbonyl (C=O) groups is 3. The first-order valence-corrected chi connectivity index (χ1v) is 15.4. The maximum atomic E-state index is 13.5. The zero-order valence-electron chi connectivity index (χ0n) is 24.4. The molecule has 0 aliphatic rings. The second kappa shape index (κ2) is 17.0. The van der Waals surface area contributed by atoms with Crippen molar-refractivity contribution in [2.75, 3.05) is 25.1 Å². The van der Waals surface area contributed by atoms with E-state index < -0.39 is 30.2 Å². The molecule has 0 aliphatic carbocycles. The Labute approximate surface area is 242 Å². The number of hydrogen-bond donors (Lipinski definition) is 4. The fraction of sp³-hybridized carbons (Fsp3) is 0.516. The van der Waals surface area contributed by atoms with Gasteiger partial charge in [-0.05, 0) is 73.9 Å². The second-order valence-corrected chi connectivity index (χ2v) is 11.2. The van der Waals surface area contributed by atoms with Crippen molar-refractivity contribution < 1.29 is 24.6 Å². The molecule has 8 nitrogen and oxygen atoms in total. The van der Waals surface area contributed by atoms with Crippen LogP contribution >= 0.6 is 11.8 Å². The number of benzene rings is 2. The largest absolute Gasteiger partial charge is 0.388 e. The van der Waals surface area contributed by atoms with E-state index in [-0.39, 0.29) is 18.2 Å². The molecule has 4 N–H and O–H groups in total. The first kappa shape index (κ1) is 33.3. The molecule has 4 unspecified atom stereocenters. The summed E-state index contributed by atoms with van der Waals surface area (Å²) in [7, 11) is 0. The first-order chi connectivity index (χ1) is 19.1. The lowest BCUT2D eigenvalue weighted by Gasteiger charge is -2.33. The van der Waals surface area contributed by atoms with Crippen molar-refractivity contribution in [3.8, 4) is 0 Å². The normalized spacial score (nSPS) is 14.1. The summed E-state index contributed by atoms with van der Waals surface area (Å²) in [4.78, 5) is 40.4. The van der Waals surface area contributed by atoms with Gasteiger partial charge in [0.05, 0.1) is 12.1 Å². The van der Waals surface area contributed by atoms with E-state index in [0.29, 0.717) is 36.4 Å². The highest BCUT2D eigenvalue weighted by Crippen LogP contribution is 2.17. The van der Waals surface area contributed by atoms with Crippen LogP contribution in [0.15, 0.2) is 48.5 Å². The van der Waals surface area contributed by atoms with E-state index in [2.05, 4.69) is 10.6 Å². The quantitative estimate of drug-likeness (QED) is 0.245. The van der Waals surface area contributed by atoms with E-state index in [9.17, 15) is 24.6 Å². The molecule has 2 aromatic rings. The third-order valence-electron chi connectivity index (χ3n) is 6.67. The lowest BCUT2D eigenvalue weighted by Crippen LogP contribution is -2.56. The van der Waals surface area contributed by atoms with E-state index >= 15 is 0 Å². The van der Waals surface area contributed by atoms with Crippen LogP contribution in [0.3, 0.4) is 0 Å². The van der Waals surface area contributed by atoms with Crippen molar-refractivity contribution in [3.05, 3.63) is 70.8 Å². The molecule has 0 radical (unpaired) electrons. The number of rotatable bonds is 16. The van der Waals surface area contributed by atoms with Crippen LogP contribution in [-0.4, -0.2) is 82.2 Å². The number of aryl methyl sites for hydroxylation is 1. The molecule has 220 valence electrons. The van der Waals surface area contributed by atoms with Crippen molar-refractivity contribution >= 4 is 29.5 Å². The topological polar surface area (TPSA) is 119 Å². The highest BCUT2D eigenvalue weighted by atomic mass is 32.2. The number of hydrogen-bond acceptors (Lipinski definition) is 6. The predicted molar refractivity (Wildman–Crippen MR) is 162 cm³/mol. The van der Waals surface area contributed by atoms with Crippen molar-refractivity contribution in [1.29, 1.82) is 0 Å². The molecular weight excluding hydrogens is 526 g/mol. The van der Waals surface area contributed by atoms with Crippen LogP contribution < -0.4 is 10.6 Å². The number of aliphatic hydroxyl groups excluding tert-OH is 2. The van der Waals surface area contributed by atoms with Crippen molar-refractivity contribution in [2.45, 2.75) is 77.7 Å². The molecule has 40 heavy (non-hydrogen) atoms. The summed E-state index contributed by atoms with van der Waals surface area (Å²) in [6, 6.07) is 12.9. The monoisotopic (exact) mass is 571 g/mol. The summed E-state index contributed by atoms with van der Waals surface area (Å²) >= 11 is 1.57. The molecule has 9 heteroatoms. The van der Waals surface area contributed by atoms with Gasteiger partial charge in [-0.1, -0.05) is 44.2 Å². The van der Waals surface area contributed by atoms with E-state index in [1.54, 1.807) is 34.9 Å². The van der Waals surface area contributed by atoms with Gasteiger partial charge in [-0.2, -0.15) is 11.8 Å². The van der Waals surface area contributed by atoms with Crippen LogP contribution in [0.4, 0.5) is 0 Å². The summed E-state index contributed by atoms with van der Waals surface area (Å²) in [6.45, 7) is 8.52. The second-order valence-electron chi connectivity index (χ2n) is 10.2. The number of aliphatic hydroxyl groups is 2. The van der Waals surface area contributed by atoms with Gasteiger partial charge in [-0.3, -0.25) is 14.4 Å². The summed E-state index contributed by atoms with van der Waals surface area (Å²) in [5.74, 6) is -0.206. The molecule has 0 fully saturated rings. The van der Waals surface area contributed by atoms with E-state index in [4.69, 9.17) is 0 Å². The maximum absolute atomic E-state index is 13.5. The molecule has 2 rings (SSSR count). The SMILES string of the molecule is CCCN(CCC)C(=O)c1cc(C)cc(C(=O)NC(Cc2ccccc2)C(O)C(O)C(CCSC)NC(C)=O)c1. The van der Waals surface area contributed by atoms with Crippen LogP contribution in [-0.2, 0) is 11.2 Å². The zero-order valence-corrected chi connectivity index (χ0v) is 25.2. The minimum atomic E-state index is -1.36. The Balaban J connectivity index is 2.36. The van der Waals surface area contributed by atoms with Crippen molar-refractivity contribution in [3.63, 3.8) is 0 Å². The summed E-state index contributed by atoms with van der Waals surface area (Å²) < 4.78 is 0. The summed E-state index contributed by atoms with van der Waals surface area (Å²) in [6.07, 6.45) is 1.65. The third kappa shape index (κ3) is 10.3. The highest BCUT2D eigenvalue weighted by molar-refractivity contribution is 7.98. The van der Waals surface area contributed by atoms with Crippen LogP contribution in [0, 0.1) is 6.92 Å². The molecule has 3 amide bonds. The number of nitrogens with one attached hydrogen (secondary N) is 2. The smallest absolute Gasteiger partial charge is 0.253 e. The molecule has 0 aliphatic heterocycles. The number of amides is 3. The minimum Gasteiger partial charge on any atom is -0.388 e. The molecule has 2 aromatic carbocycles. The number of carbonyl (C=O) groups excluding carboxylic acids is 3. The Bertz CT molecular complexity index is 1090. The lowest BCUT2D eigenvalue weighted by atomic mass is 9.92. The van der Waals surface area contributed by atoms with Crippen LogP contribution in [0.5, 0.6) is 0 Å². The maximum Gasteiger partial charge on any atom is 0.253 e. The molecule has 4 atom stereocenters. The van der Waals surface area contributed by atoms with Crippen LogP contribution in [0.1, 0.15) is 71.9 Å². The average molecular weight is 572 g/mol. The van der Waals surface area contributed by atoms with Crippen molar-refractivity contribution in [2.24, 2.45) is 0 Å². The Morgan fingerprint density at radius 2 is 1.50 bits per heavy atom. The fourth-order valence-electron chi connectivity index (χ4n) is 4.76. The third-order valence-corrected chi connectivity index (χ3v) is 7.32. The Morgan fingerprint density at radius 3 is 2.08 bits per heavy atom. The fourth-order valence-corrected chi connectivity index (χ4v) is 5.25. The molecular formula is C31H45N3O5S.